The standard InChI is InChI=1S/C49H98NO7P/c1-6-8-10-12-14-16-18-20-22-23-24-25-26-27-28-29-30-32-34-36-38-40-42-49(51)57-48(47-56-58(52,53)55-45-43-50(3,4)5)46-54-44-41-39-37-35-33-31-21-19-17-15-13-11-9-7-2/h41,44,48H,6-40,42-43,45-47H2,1-5H3/p+1/b44-41+/t48-/m1/s1. The number of quaternary nitrogens is 1. The fourth-order valence-electron chi connectivity index (χ4n) is 7.29. The summed E-state index contributed by atoms with van der Waals surface area (Å²) in [5.74, 6) is -0.329. The van der Waals surface area contributed by atoms with E-state index in [1.54, 1.807) is 6.26 Å². The van der Waals surface area contributed by atoms with Crippen molar-refractivity contribution < 1.29 is 37.3 Å². The second-order valence-corrected chi connectivity index (χ2v) is 19.7. The molecule has 9 heteroatoms. The minimum Gasteiger partial charge on any atom is -0.498 e. The molecule has 2 atom stereocenters. The van der Waals surface area contributed by atoms with Crippen LogP contribution < -0.4 is 0 Å². The number of allylic oxidation sites excluding steroid dienone is 1. The van der Waals surface area contributed by atoms with Gasteiger partial charge in [-0.2, -0.15) is 0 Å². The van der Waals surface area contributed by atoms with Gasteiger partial charge in [0.15, 0.2) is 6.10 Å². The molecule has 0 bridgehead atoms. The summed E-state index contributed by atoms with van der Waals surface area (Å²) in [4.78, 5) is 22.9. The first-order chi connectivity index (χ1) is 28.1. The topological polar surface area (TPSA) is 91.3 Å². The fraction of sp³-hybridized carbons (Fsp3) is 0.939. The summed E-state index contributed by atoms with van der Waals surface area (Å²) in [6.45, 7) is 4.98. The zero-order valence-corrected chi connectivity index (χ0v) is 40.2. The Kier molecular flexibility index (Phi) is 42.1. The molecule has 0 saturated carbocycles. The van der Waals surface area contributed by atoms with E-state index < -0.39 is 13.9 Å². The van der Waals surface area contributed by atoms with Gasteiger partial charge in [-0.15, -0.1) is 0 Å². The minimum absolute atomic E-state index is 0.0545. The molecule has 0 heterocycles. The number of likely N-dealkylation sites (N-methyl/N-ethyl adjacent to an activating group) is 1. The summed E-state index contributed by atoms with van der Waals surface area (Å²) in [6, 6.07) is 0. The molecule has 0 aliphatic heterocycles. The third-order valence-corrected chi connectivity index (χ3v) is 12.2. The smallest absolute Gasteiger partial charge is 0.472 e. The molecule has 0 aromatic carbocycles. The molecule has 0 fully saturated rings. The Bertz CT molecular complexity index is 940. The average Bonchev–Trinajstić information content (AvgIpc) is 3.18. The number of esters is 1. The average molecular weight is 845 g/mol. The van der Waals surface area contributed by atoms with Crippen molar-refractivity contribution in [1.29, 1.82) is 0 Å². The van der Waals surface area contributed by atoms with E-state index in [0.29, 0.717) is 17.4 Å². The van der Waals surface area contributed by atoms with Crippen molar-refractivity contribution in [2.45, 2.75) is 251 Å². The van der Waals surface area contributed by atoms with Crippen LogP contribution in [-0.4, -0.2) is 69.0 Å². The largest absolute Gasteiger partial charge is 0.498 e. The maximum absolute atomic E-state index is 12.7. The molecular weight excluding hydrogens is 746 g/mol. The highest BCUT2D eigenvalue weighted by Gasteiger charge is 2.26. The van der Waals surface area contributed by atoms with Gasteiger partial charge in [-0.3, -0.25) is 13.8 Å². The lowest BCUT2D eigenvalue weighted by Gasteiger charge is -2.24. The normalized spacial score (nSPS) is 13.6. The highest BCUT2D eigenvalue weighted by molar-refractivity contribution is 7.47. The van der Waals surface area contributed by atoms with Crippen LogP contribution in [-0.2, 0) is 27.9 Å². The molecule has 0 radical (unpaired) electrons. The first-order valence-electron chi connectivity index (χ1n) is 25.0. The van der Waals surface area contributed by atoms with Gasteiger partial charge in [-0.1, -0.05) is 219 Å². The zero-order chi connectivity index (χ0) is 42.7. The number of nitrogens with zero attached hydrogens (tertiary/aromatic N) is 1. The SMILES string of the molecule is CCCCCCCCCCCCCC/C=C/OC[C@H](COP(=O)(O)OCC[N+](C)(C)C)OC(=O)CCCCCCCCCCCCCCCCCCCCCCCC. The van der Waals surface area contributed by atoms with Gasteiger partial charge in [-0.05, 0) is 25.3 Å². The van der Waals surface area contributed by atoms with E-state index in [4.69, 9.17) is 18.5 Å². The predicted octanol–water partition coefficient (Wildman–Crippen LogP) is 15.4. The van der Waals surface area contributed by atoms with Crippen LogP contribution in [0.1, 0.15) is 245 Å². The van der Waals surface area contributed by atoms with E-state index in [2.05, 4.69) is 13.8 Å². The summed E-state index contributed by atoms with van der Waals surface area (Å²) in [7, 11) is 1.65. The Hall–Kier alpha value is -0.920. The Morgan fingerprint density at radius 2 is 0.897 bits per heavy atom. The Labute approximate surface area is 360 Å². The van der Waals surface area contributed by atoms with E-state index in [9.17, 15) is 14.3 Å². The van der Waals surface area contributed by atoms with Gasteiger partial charge in [0.25, 0.3) is 0 Å². The highest BCUT2D eigenvalue weighted by atomic mass is 31.2. The second kappa shape index (κ2) is 42.8. The molecule has 58 heavy (non-hydrogen) atoms. The molecule has 0 amide bonds. The molecule has 8 nitrogen and oxygen atoms in total. The third-order valence-electron chi connectivity index (χ3n) is 11.2. The fourth-order valence-corrected chi connectivity index (χ4v) is 8.03. The van der Waals surface area contributed by atoms with Crippen molar-refractivity contribution in [2.24, 2.45) is 0 Å². The van der Waals surface area contributed by atoms with E-state index in [1.165, 1.54) is 193 Å². The van der Waals surface area contributed by atoms with Gasteiger partial charge in [0.1, 0.15) is 19.8 Å². The van der Waals surface area contributed by atoms with Gasteiger partial charge in [0.2, 0.25) is 0 Å². The number of phosphoric acid groups is 1. The van der Waals surface area contributed by atoms with Crippen LogP contribution >= 0.6 is 7.82 Å². The quantitative estimate of drug-likeness (QED) is 0.0214. The lowest BCUT2D eigenvalue weighted by atomic mass is 10.0. The van der Waals surface area contributed by atoms with Crippen molar-refractivity contribution in [1.82, 2.24) is 0 Å². The zero-order valence-electron chi connectivity index (χ0n) is 39.3. The Morgan fingerprint density at radius 1 is 0.534 bits per heavy atom. The third kappa shape index (κ3) is 46.2. The summed E-state index contributed by atoms with van der Waals surface area (Å²) >= 11 is 0. The van der Waals surface area contributed by atoms with Crippen molar-refractivity contribution in [2.75, 3.05) is 47.5 Å². The first kappa shape index (κ1) is 57.1. The van der Waals surface area contributed by atoms with Crippen LogP contribution in [0.2, 0.25) is 0 Å². The van der Waals surface area contributed by atoms with Gasteiger partial charge < -0.3 is 18.9 Å². The molecule has 0 aliphatic rings. The van der Waals surface area contributed by atoms with Crippen LogP contribution in [0.3, 0.4) is 0 Å². The Balaban J connectivity index is 4.11. The number of rotatable bonds is 47. The number of phosphoric ester groups is 1. The van der Waals surface area contributed by atoms with E-state index in [-0.39, 0.29) is 25.8 Å². The second-order valence-electron chi connectivity index (χ2n) is 18.3. The predicted molar refractivity (Wildman–Crippen MR) is 247 cm³/mol. The van der Waals surface area contributed by atoms with Gasteiger partial charge >= 0.3 is 13.8 Å². The maximum atomic E-state index is 12.7. The van der Waals surface area contributed by atoms with E-state index >= 15 is 0 Å². The molecule has 0 aromatic rings. The first-order valence-corrected chi connectivity index (χ1v) is 26.5. The molecule has 346 valence electrons. The summed E-state index contributed by atoms with van der Waals surface area (Å²) in [5, 5.41) is 0. The monoisotopic (exact) mass is 845 g/mol. The van der Waals surface area contributed by atoms with Gasteiger partial charge in [0.05, 0.1) is 34.0 Å². The van der Waals surface area contributed by atoms with E-state index in [1.807, 2.05) is 27.2 Å². The molecule has 1 unspecified atom stereocenters. The highest BCUT2D eigenvalue weighted by Crippen LogP contribution is 2.43. The number of ether oxygens (including phenoxy) is 2. The number of carbonyl (C=O) groups excluding carboxylic acids is 1. The molecular formula is C49H99NO7P+. The molecule has 0 rings (SSSR count). The molecule has 0 aliphatic carbocycles. The number of unbranched alkanes of at least 4 members (excludes halogenated alkanes) is 33. The van der Waals surface area contributed by atoms with Crippen molar-refractivity contribution in [3.63, 3.8) is 0 Å². The number of hydrogen-bond donors (Lipinski definition) is 1. The van der Waals surface area contributed by atoms with Crippen LogP contribution in [0.15, 0.2) is 12.3 Å². The van der Waals surface area contributed by atoms with E-state index in [0.717, 1.165) is 32.1 Å². The summed E-state index contributed by atoms with van der Waals surface area (Å²) < 4.78 is 34.8. The van der Waals surface area contributed by atoms with Crippen molar-refractivity contribution >= 4 is 13.8 Å². The van der Waals surface area contributed by atoms with Crippen LogP contribution in [0, 0.1) is 0 Å². The van der Waals surface area contributed by atoms with Crippen molar-refractivity contribution in [3.8, 4) is 0 Å². The maximum Gasteiger partial charge on any atom is 0.472 e. The number of hydrogen-bond acceptors (Lipinski definition) is 6. The molecule has 0 aromatic heterocycles. The lowest BCUT2D eigenvalue weighted by molar-refractivity contribution is -0.870. The molecule has 0 spiro atoms. The van der Waals surface area contributed by atoms with Gasteiger partial charge in [-0.25, -0.2) is 4.57 Å². The summed E-state index contributed by atoms with van der Waals surface area (Å²) in [5.41, 5.74) is 0. The van der Waals surface area contributed by atoms with Crippen molar-refractivity contribution in [3.05, 3.63) is 12.3 Å². The lowest BCUT2D eigenvalue weighted by Crippen LogP contribution is -2.37. The number of carbonyl (C=O) groups is 1. The van der Waals surface area contributed by atoms with Crippen LogP contribution in [0.5, 0.6) is 0 Å². The minimum atomic E-state index is -4.29. The van der Waals surface area contributed by atoms with Crippen LogP contribution in [0.4, 0.5) is 0 Å². The van der Waals surface area contributed by atoms with Gasteiger partial charge in [0, 0.05) is 6.42 Å². The molecule has 1 N–H and O–H groups in total. The Morgan fingerprint density at radius 3 is 1.28 bits per heavy atom. The summed E-state index contributed by atoms with van der Waals surface area (Å²) in [6.07, 6.45) is 49.2. The molecule has 0 saturated heterocycles. The van der Waals surface area contributed by atoms with Crippen LogP contribution in [0.25, 0.3) is 0 Å².